The number of amides is 1. The van der Waals surface area contributed by atoms with E-state index in [4.69, 9.17) is 11.1 Å². The number of aliphatic hydroxyl groups excluding tert-OH is 1. The van der Waals surface area contributed by atoms with E-state index in [1.807, 2.05) is 24.3 Å². The van der Waals surface area contributed by atoms with Gasteiger partial charge in [-0.15, -0.1) is 0 Å². The van der Waals surface area contributed by atoms with Crippen LogP contribution in [0.3, 0.4) is 0 Å². The number of nitriles is 1. The van der Waals surface area contributed by atoms with E-state index in [1.54, 1.807) is 14.1 Å². The van der Waals surface area contributed by atoms with Crippen LogP contribution in [0.5, 0.6) is 0 Å². The first-order chi connectivity index (χ1) is 11.5. The molecule has 1 atom stereocenters. The van der Waals surface area contributed by atoms with Crippen molar-refractivity contribution < 1.29 is 9.90 Å². The SMILES string of the molecule is CN(C)C(=O)C(C=NC[C@H](O)CNc1ccc(CC#N)cc1)=NN. The second-order valence-electron chi connectivity index (χ2n) is 5.27. The lowest BCUT2D eigenvalue weighted by atomic mass is 10.1. The molecule has 0 fully saturated rings. The first-order valence-electron chi connectivity index (χ1n) is 7.35. The number of nitrogens with zero attached hydrogens (tertiary/aromatic N) is 4. The fraction of sp³-hybridized carbons (Fsp3) is 0.375. The zero-order valence-electron chi connectivity index (χ0n) is 13.8. The standard InChI is InChI=1S/C16H22N6O2/c1-22(2)16(24)15(21-18)11-19-9-14(23)10-20-13-5-3-12(4-6-13)7-8-17/h3-6,11,14,20,23H,7,9-10,18H2,1-2H3/t14-/m0/s1. The second-order valence-corrected chi connectivity index (χ2v) is 5.27. The highest BCUT2D eigenvalue weighted by atomic mass is 16.3. The zero-order chi connectivity index (χ0) is 17.9. The number of carbonyl (C=O) groups excluding carboxylic acids is 1. The van der Waals surface area contributed by atoms with Gasteiger partial charge in [0.05, 0.1) is 31.4 Å². The second kappa shape index (κ2) is 9.97. The lowest BCUT2D eigenvalue weighted by molar-refractivity contribution is -0.121. The van der Waals surface area contributed by atoms with Crippen LogP contribution >= 0.6 is 0 Å². The Morgan fingerprint density at radius 2 is 2.12 bits per heavy atom. The molecule has 0 spiro atoms. The molecule has 0 radical (unpaired) electrons. The number of anilines is 1. The van der Waals surface area contributed by atoms with Crippen LogP contribution in [-0.4, -0.2) is 61.1 Å². The molecule has 1 rings (SSSR count). The molecule has 1 aromatic carbocycles. The van der Waals surface area contributed by atoms with Crippen LogP contribution in [0.15, 0.2) is 34.4 Å². The molecular formula is C16H22N6O2. The van der Waals surface area contributed by atoms with Gasteiger partial charge in [-0.05, 0) is 17.7 Å². The lowest BCUT2D eigenvalue weighted by Gasteiger charge is -2.11. The minimum atomic E-state index is -0.728. The van der Waals surface area contributed by atoms with E-state index in [0.717, 1.165) is 11.3 Å². The molecule has 0 heterocycles. The van der Waals surface area contributed by atoms with Gasteiger partial charge in [0.15, 0.2) is 5.71 Å². The molecule has 0 aromatic heterocycles. The Morgan fingerprint density at radius 3 is 2.67 bits per heavy atom. The molecule has 0 saturated carbocycles. The lowest BCUT2D eigenvalue weighted by Crippen LogP contribution is -2.32. The molecule has 0 aliphatic carbocycles. The molecule has 24 heavy (non-hydrogen) atoms. The van der Waals surface area contributed by atoms with Crippen molar-refractivity contribution in [2.45, 2.75) is 12.5 Å². The average molecular weight is 330 g/mol. The maximum atomic E-state index is 11.7. The summed E-state index contributed by atoms with van der Waals surface area (Å²) >= 11 is 0. The fourth-order valence-corrected chi connectivity index (χ4v) is 1.77. The summed E-state index contributed by atoms with van der Waals surface area (Å²) < 4.78 is 0. The molecule has 0 saturated heterocycles. The smallest absolute Gasteiger partial charge is 0.275 e. The zero-order valence-corrected chi connectivity index (χ0v) is 13.8. The van der Waals surface area contributed by atoms with Crippen molar-refractivity contribution >= 4 is 23.5 Å². The maximum Gasteiger partial charge on any atom is 0.275 e. The van der Waals surface area contributed by atoms with Crippen LogP contribution < -0.4 is 11.2 Å². The quantitative estimate of drug-likeness (QED) is 0.351. The third-order valence-electron chi connectivity index (χ3n) is 3.07. The predicted molar refractivity (Wildman–Crippen MR) is 93.9 cm³/mol. The van der Waals surface area contributed by atoms with E-state index < -0.39 is 6.10 Å². The van der Waals surface area contributed by atoms with Gasteiger partial charge in [0.2, 0.25) is 0 Å². The largest absolute Gasteiger partial charge is 0.389 e. The summed E-state index contributed by atoms with van der Waals surface area (Å²) in [4.78, 5) is 17.0. The van der Waals surface area contributed by atoms with Gasteiger partial charge in [-0.25, -0.2) is 0 Å². The third-order valence-corrected chi connectivity index (χ3v) is 3.07. The maximum absolute atomic E-state index is 11.7. The number of benzene rings is 1. The first kappa shape index (κ1) is 19.1. The van der Waals surface area contributed by atoms with Gasteiger partial charge in [-0.1, -0.05) is 12.1 Å². The average Bonchev–Trinajstić information content (AvgIpc) is 2.57. The molecule has 4 N–H and O–H groups in total. The number of nitrogens with two attached hydrogens (primary N) is 1. The van der Waals surface area contributed by atoms with Crippen LogP contribution in [0.2, 0.25) is 0 Å². The molecule has 1 aromatic rings. The summed E-state index contributed by atoms with van der Waals surface area (Å²) in [7, 11) is 3.17. The number of hydrogen-bond acceptors (Lipinski definition) is 7. The number of carbonyl (C=O) groups is 1. The van der Waals surface area contributed by atoms with Crippen molar-refractivity contribution in [3.05, 3.63) is 29.8 Å². The normalized spacial score (nSPS) is 12.7. The van der Waals surface area contributed by atoms with Gasteiger partial charge in [0.1, 0.15) is 0 Å². The van der Waals surface area contributed by atoms with Gasteiger partial charge < -0.3 is 21.2 Å². The Balaban J connectivity index is 2.43. The van der Waals surface area contributed by atoms with E-state index in [1.165, 1.54) is 11.1 Å². The van der Waals surface area contributed by atoms with Crippen molar-refractivity contribution in [2.75, 3.05) is 32.5 Å². The molecule has 0 bridgehead atoms. The topological polar surface area (TPSA) is 127 Å². The minimum absolute atomic E-state index is 0.0215. The van der Waals surface area contributed by atoms with Gasteiger partial charge in [0, 0.05) is 26.3 Å². The van der Waals surface area contributed by atoms with Crippen molar-refractivity contribution in [2.24, 2.45) is 15.9 Å². The summed E-state index contributed by atoms with van der Waals surface area (Å²) in [5.74, 6) is 4.80. The molecule has 1 amide bonds. The van der Waals surface area contributed by atoms with Crippen LogP contribution in [0, 0.1) is 11.3 Å². The summed E-state index contributed by atoms with van der Waals surface area (Å²) in [5.41, 5.74) is 1.80. The number of aliphatic imine (C=N–C) groups is 1. The molecule has 0 unspecified atom stereocenters. The van der Waals surface area contributed by atoms with Gasteiger partial charge >= 0.3 is 0 Å². The minimum Gasteiger partial charge on any atom is -0.389 e. The van der Waals surface area contributed by atoms with Gasteiger partial charge in [-0.3, -0.25) is 9.79 Å². The summed E-state index contributed by atoms with van der Waals surface area (Å²) in [6.45, 7) is 0.408. The third kappa shape index (κ3) is 6.46. The van der Waals surface area contributed by atoms with E-state index in [-0.39, 0.29) is 18.2 Å². The Hall–Kier alpha value is -2.92. The van der Waals surface area contributed by atoms with Crippen LogP contribution in [0.25, 0.3) is 0 Å². The highest BCUT2D eigenvalue weighted by Gasteiger charge is 2.11. The molecule has 0 aliphatic heterocycles. The van der Waals surface area contributed by atoms with Crippen LogP contribution in [-0.2, 0) is 11.2 Å². The van der Waals surface area contributed by atoms with Crippen LogP contribution in [0.4, 0.5) is 5.69 Å². The molecule has 128 valence electrons. The van der Waals surface area contributed by atoms with Crippen molar-refractivity contribution in [1.82, 2.24) is 4.90 Å². The highest BCUT2D eigenvalue weighted by Crippen LogP contribution is 2.09. The first-order valence-corrected chi connectivity index (χ1v) is 7.35. The Labute approximate surface area is 141 Å². The summed E-state index contributed by atoms with van der Waals surface area (Å²) in [5, 5.41) is 25.0. The summed E-state index contributed by atoms with van der Waals surface area (Å²) in [6.07, 6.45) is 0.893. The van der Waals surface area contributed by atoms with Crippen molar-refractivity contribution in [3.63, 3.8) is 0 Å². The Morgan fingerprint density at radius 1 is 1.46 bits per heavy atom. The Kier molecular flexibility index (Phi) is 7.94. The number of nitrogens with one attached hydrogen (secondary N) is 1. The van der Waals surface area contributed by atoms with E-state index in [2.05, 4.69) is 21.5 Å². The van der Waals surface area contributed by atoms with E-state index in [0.29, 0.717) is 13.0 Å². The van der Waals surface area contributed by atoms with Gasteiger partial charge in [0.25, 0.3) is 5.91 Å². The number of rotatable bonds is 8. The highest BCUT2D eigenvalue weighted by molar-refractivity contribution is 6.60. The number of hydrogen-bond donors (Lipinski definition) is 3. The van der Waals surface area contributed by atoms with E-state index in [9.17, 15) is 9.90 Å². The number of aliphatic hydroxyl groups is 1. The molecule has 8 heteroatoms. The molecular weight excluding hydrogens is 308 g/mol. The van der Waals surface area contributed by atoms with Crippen LogP contribution in [0.1, 0.15) is 5.56 Å². The molecule has 0 aliphatic rings. The fourth-order valence-electron chi connectivity index (χ4n) is 1.77. The predicted octanol–water partition coefficient (Wildman–Crippen LogP) is -0.000820. The van der Waals surface area contributed by atoms with E-state index >= 15 is 0 Å². The van der Waals surface area contributed by atoms with Crippen molar-refractivity contribution in [3.8, 4) is 6.07 Å². The van der Waals surface area contributed by atoms with Crippen molar-refractivity contribution in [1.29, 1.82) is 5.26 Å². The molecule has 8 nitrogen and oxygen atoms in total. The number of hydrazone groups is 1. The monoisotopic (exact) mass is 330 g/mol. The Bertz CT molecular complexity index is 631. The van der Waals surface area contributed by atoms with Gasteiger partial charge in [-0.2, -0.15) is 10.4 Å². The summed E-state index contributed by atoms with van der Waals surface area (Å²) in [6, 6.07) is 9.48.